The normalized spacial score (nSPS) is 30.1. The van der Waals surface area contributed by atoms with Crippen molar-refractivity contribution in [1.82, 2.24) is 0 Å². The minimum Gasteiger partial charge on any atom is -0.350 e. The highest BCUT2D eigenvalue weighted by Gasteiger charge is 2.43. The number of rotatable bonds is 1. The van der Waals surface area contributed by atoms with Crippen LogP contribution >= 0.6 is 0 Å². The SMILES string of the molecule is NC1(C=O)CCC2(CC1)OCCCO2. The Bertz CT molecular complexity index is 213. The molecular formula is C10H17NO3. The summed E-state index contributed by atoms with van der Waals surface area (Å²) in [5.41, 5.74) is 5.23. The van der Waals surface area contributed by atoms with Crippen molar-refractivity contribution in [3.63, 3.8) is 0 Å². The standard InChI is InChI=1S/C10H17NO3/c11-9(8-12)2-4-10(5-3-9)13-6-1-7-14-10/h8H,1-7,11H2. The average Bonchev–Trinajstić information content (AvgIpc) is 2.25. The van der Waals surface area contributed by atoms with Gasteiger partial charge in [0.15, 0.2) is 5.79 Å². The number of hydrogen-bond acceptors (Lipinski definition) is 4. The van der Waals surface area contributed by atoms with Crippen LogP contribution in [0.2, 0.25) is 0 Å². The molecule has 0 aromatic rings. The quantitative estimate of drug-likeness (QED) is 0.628. The average molecular weight is 199 g/mol. The number of hydrogen-bond donors (Lipinski definition) is 1. The molecule has 1 saturated carbocycles. The zero-order valence-electron chi connectivity index (χ0n) is 8.33. The van der Waals surface area contributed by atoms with E-state index in [0.29, 0.717) is 12.8 Å². The van der Waals surface area contributed by atoms with E-state index in [0.717, 1.165) is 38.8 Å². The van der Waals surface area contributed by atoms with Crippen LogP contribution in [-0.2, 0) is 14.3 Å². The summed E-state index contributed by atoms with van der Waals surface area (Å²) in [4.78, 5) is 10.7. The molecule has 80 valence electrons. The van der Waals surface area contributed by atoms with Crippen LogP contribution < -0.4 is 5.73 Å². The molecule has 1 aliphatic carbocycles. The molecule has 0 radical (unpaired) electrons. The van der Waals surface area contributed by atoms with Gasteiger partial charge in [0.25, 0.3) is 0 Å². The summed E-state index contributed by atoms with van der Waals surface area (Å²) in [5, 5.41) is 0. The first-order valence-electron chi connectivity index (χ1n) is 5.21. The van der Waals surface area contributed by atoms with E-state index in [2.05, 4.69) is 0 Å². The maximum atomic E-state index is 10.7. The van der Waals surface area contributed by atoms with E-state index in [1.165, 1.54) is 0 Å². The lowest BCUT2D eigenvalue weighted by atomic mass is 9.80. The molecule has 1 saturated heterocycles. The molecule has 0 aromatic heterocycles. The van der Waals surface area contributed by atoms with Crippen LogP contribution in [0, 0.1) is 0 Å². The maximum Gasteiger partial charge on any atom is 0.168 e. The van der Waals surface area contributed by atoms with E-state index in [4.69, 9.17) is 15.2 Å². The molecule has 2 aliphatic rings. The highest BCUT2D eigenvalue weighted by atomic mass is 16.7. The van der Waals surface area contributed by atoms with Gasteiger partial charge >= 0.3 is 0 Å². The van der Waals surface area contributed by atoms with Crippen LogP contribution in [0.15, 0.2) is 0 Å². The van der Waals surface area contributed by atoms with Crippen molar-refractivity contribution in [3.05, 3.63) is 0 Å². The summed E-state index contributed by atoms with van der Waals surface area (Å²) in [5.74, 6) is -0.426. The molecule has 14 heavy (non-hydrogen) atoms. The lowest BCUT2D eigenvalue weighted by molar-refractivity contribution is -0.282. The first-order valence-corrected chi connectivity index (χ1v) is 5.21. The zero-order chi connectivity index (χ0) is 10.1. The summed E-state index contributed by atoms with van der Waals surface area (Å²) in [7, 11) is 0. The van der Waals surface area contributed by atoms with Crippen molar-refractivity contribution < 1.29 is 14.3 Å². The van der Waals surface area contributed by atoms with Crippen LogP contribution in [0.1, 0.15) is 32.1 Å². The molecular weight excluding hydrogens is 182 g/mol. The van der Waals surface area contributed by atoms with Crippen molar-refractivity contribution in [2.24, 2.45) is 5.73 Å². The summed E-state index contributed by atoms with van der Waals surface area (Å²) < 4.78 is 11.3. The molecule has 1 heterocycles. The summed E-state index contributed by atoms with van der Waals surface area (Å²) in [6, 6.07) is 0. The highest BCUT2D eigenvalue weighted by Crippen LogP contribution is 2.37. The largest absolute Gasteiger partial charge is 0.350 e. The molecule has 2 fully saturated rings. The second kappa shape index (κ2) is 3.61. The Morgan fingerprint density at radius 3 is 2.14 bits per heavy atom. The number of ether oxygens (including phenoxy) is 2. The van der Waals surface area contributed by atoms with Crippen LogP contribution in [0.25, 0.3) is 0 Å². The van der Waals surface area contributed by atoms with Gasteiger partial charge in [-0.2, -0.15) is 0 Å². The fourth-order valence-corrected chi connectivity index (χ4v) is 2.12. The smallest absolute Gasteiger partial charge is 0.168 e. The molecule has 0 unspecified atom stereocenters. The first-order chi connectivity index (χ1) is 6.68. The summed E-state index contributed by atoms with van der Waals surface area (Å²) >= 11 is 0. The Morgan fingerprint density at radius 2 is 1.64 bits per heavy atom. The third-order valence-corrected chi connectivity index (χ3v) is 3.20. The number of carbonyl (C=O) groups is 1. The van der Waals surface area contributed by atoms with Gasteiger partial charge in [-0.3, -0.25) is 0 Å². The molecule has 0 aromatic carbocycles. The van der Waals surface area contributed by atoms with Gasteiger partial charge in [-0.05, 0) is 19.3 Å². The van der Waals surface area contributed by atoms with Crippen LogP contribution in [-0.4, -0.2) is 30.8 Å². The van der Waals surface area contributed by atoms with Gasteiger partial charge in [0.2, 0.25) is 0 Å². The van der Waals surface area contributed by atoms with Gasteiger partial charge in [-0.15, -0.1) is 0 Å². The lowest BCUT2D eigenvalue weighted by Crippen LogP contribution is -2.53. The third kappa shape index (κ3) is 1.82. The predicted molar refractivity (Wildman–Crippen MR) is 50.7 cm³/mol. The highest BCUT2D eigenvalue weighted by molar-refractivity contribution is 5.63. The lowest BCUT2D eigenvalue weighted by Gasteiger charge is -2.44. The van der Waals surface area contributed by atoms with Gasteiger partial charge in [-0.1, -0.05) is 0 Å². The Hall–Kier alpha value is -0.450. The Kier molecular flexibility index (Phi) is 2.60. The molecule has 2 N–H and O–H groups in total. The second-order valence-electron chi connectivity index (χ2n) is 4.31. The second-order valence-corrected chi connectivity index (χ2v) is 4.31. The van der Waals surface area contributed by atoms with E-state index in [9.17, 15) is 4.79 Å². The van der Waals surface area contributed by atoms with E-state index in [-0.39, 0.29) is 0 Å². The molecule has 0 amide bonds. The summed E-state index contributed by atoms with van der Waals surface area (Å²) in [6.45, 7) is 1.53. The molecule has 2 rings (SSSR count). The Morgan fingerprint density at radius 1 is 1.07 bits per heavy atom. The van der Waals surface area contributed by atoms with Gasteiger partial charge in [-0.25, -0.2) is 0 Å². The molecule has 4 heteroatoms. The molecule has 0 atom stereocenters. The van der Waals surface area contributed by atoms with E-state index in [1.54, 1.807) is 0 Å². The topological polar surface area (TPSA) is 61.6 Å². The van der Waals surface area contributed by atoms with Crippen LogP contribution in [0.4, 0.5) is 0 Å². The fourth-order valence-electron chi connectivity index (χ4n) is 2.12. The van der Waals surface area contributed by atoms with Crippen molar-refractivity contribution in [2.75, 3.05) is 13.2 Å². The molecule has 1 aliphatic heterocycles. The third-order valence-electron chi connectivity index (χ3n) is 3.20. The predicted octanol–water partition coefficient (Wildman–Crippen LogP) is 0.590. The minimum absolute atomic E-state index is 0.426. The molecule has 1 spiro atoms. The first kappa shape index (κ1) is 10.1. The maximum absolute atomic E-state index is 10.7. The van der Waals surface area contributed by atoms with Crippen LogP contribution in [0.3, 0.4) is 0 Å². The van der Waals surface area contributed by atoms with Crippen molar-refractivity contribution in [3.8, 4) is 0 Å². The van der Waals surface area contributed by atoms with E-state index in [1.807, 2.05) is 0 Å². The monoisotopic (exact) mass is 199 g/mol. The number of nitrogens with two attached hydrogens (primary N) is 1. The fraction of sp³-hybridized carbons (Fsp3) is 0.900. The van der Waals surface area contributed by atoms with Crippen molar-refractivity contribution in [1.29, 1.82) is 0 Å². The van der Waals surface area contributed by atoms with Crippen molar-refractivity contribution >= 4 is 6.29 Å². The van der Waals surface area contributed by atoms with Gasteiger partial charge in [0.1, 0.15) is 6.29 Å². The van der Waals surface area contributed by atoms with Crippen LogP contribution in [0.5, 0.6) is 0 Å². The Balaban J connectivity index is 1.97. The van der Waals surface area contributed by atoms with Gasteiger partial charge in [0, 0.05) is 12.8 Å². The number of aldehydes is 1. The van der Waals surface area contributed by atoms with Gasteiger partial charge < -0.3 is 20.0 Å². The Labute approximate surface area is 83.7 Å². The summed E-state index contributed by atoms with van der Waals surface area (Å²) in [6.07, 6.45) is 4.63. The molecule has 4 nitrogen and oxygen atoms in total. The number of carbonyl (C=O) groups excluding carboxylic acids is 1. The van der Waals surface area contributed by atoms with E-state index >= 15 is 0 Å². The molecule has 0 bridgehead atoms. The van der Waals surface area contributed by atoms with E-state index < -0.39 is 11.3 Å². The zero-order valence-corrected chi connectivity index (χ0v) is 8.33. The minimum atomic E-state index is -0.643. The van der Waals surface area contributed by atoms with Crippen molar-refractivity contribution in [2.45, 2.75) is 43.4 Å². The van der Waals surface area contributed by atoms with Gasteiger partial charge in [0.05, 0.1) is 18.8 Å².